The molecule has 3 aromatic carbocycles. The molecule has 0 atom stereocenters. The smallest absolute Gasteiger partial charge is 0.257 e. The third-order valence-electron chi connectivity index (χ3n) is 3.90. The van der Waals surface area contributed by atoms with Gasteiger partial charge in [-0.05, 0) is 23.6 Å². The number of rotatable bonds is 4. The Balaban J connectivity index is 2.00. The Labute approximate surface area is 150 Å². The first-order valence-corrected chi connectivity index (χ1v) is 7.85. The van der Waals surface area contributed by atoms with Crippen LogP contribution in [0.2, 0.25) is 0 Å². The summed E-state index contributed by atoms with van der Waals surface area (Å²) >= 11 is 0. The van der Waals surface area contributed by atoms with Gasteiger partial charge in [0.2, 0.25) is 0 Å². The molecule has 0 saturated carbocycles. The van der Waals surface area contributed by atoms with Crippen LogP contribution in [0.3, 0.4) is 0 Å². The van der Waals surface area contributed by atoms with Gasteiger partial charge in [0.25, 0.3) is 5.91 Å². The topological polar surface area (TPSA) is 141 Å². The molecule has 0 fully saturated rings. The maximum absolute atomic E-state index is 12.7. The van der Waals surface area contributed by atoms with Crippen molar-refractivity contribution < 1.29 is 4.79 Å². The Morgan fingerprint density at radius 3 is 2.08 bits per heavy atom. The van der Waals surface area contributed by atoms with Gasteiger partial charge in [-0.25, -0.2) is 0 Å². The minimum absolute atomic E-state index is 0.0323. The number of amides is 1. The van der Waals surface area contributed by atoms with Crippen LogP contribution in [0, 0.1) is 10.8 Å². The summed E-state index contributed by atoms with van der Waals surface area (Å²) in [6.07, 6.45) is 0. The minimum atomic E-state index is -0.338. The van der Waals surface area contributed by atoms with E-state index in [1.807, 2.05) is 12.1 Å². The van der Waals surface area contributed by atoms with Crippen LogP contribution in [0.1, 0.15) is 15.9 Å². The number of para-hydroxylation sites is 1. The molecule has 3 rings (SSSR count). The normalized spacial score (nSPS) is 10.3. The van der Waals surface area contributed by atoms with E-state index in [9.17, 15) is 4.79 Å². The van der Waals surface area contributed by atoms with E-state index in [4.69, 9.17) is 22.3 Å². The van der Waals surface area contributed by atoms with Gasteiger partial charge in [-0.2, -0.15) is 0 Å². The summed E-state index contributed by atoms with van der Waals surface area (Å²) in [5.41, 5.74) is 13.0. The molecule has 0 bridgehead atoms. The molecule has 0 aliphatic rings. The number of nitrogens with one attached hydrogen (secondary N) is 4. The van der Waals surface area contributed by atoms with Crippen LogP contribution >= 0.6 is 0 Å². The molecule has 7 nitrogen and oxygen atoms in total. The number of anilines is 2. The molecule has 0 aliphatic heterocycles. The summed E-state index contributed by atoms with van der Waals surface area (Å²) in [5.74, 6) is -0.619. The number of hydrogen-bond acceptors (Lipinski definition) is 3. The SMILES string of the molecule is N=C(N)Nc1ccccc1C(=O)Nc1cccc2c(C(=N)N)cccc12. The second kappa shape index (κ2) is 6.94. The van der Waals surface area contributed by atoms with Crippen LogP contribution in [0.15, 0.2) is 60.7 Å². The van der Waals surface area contributed by atoms with Crippen LogP contribution < -0.4 is 22.1 Å². The van der Waals surface area contributed by atoms with Crippen LogP contribution in [0.5, 0.6) is 0 Å². The van der Waals surface area contributed by atoms with Crippen LogP contribution in [-0.4, -0.2) is 17.7 Å². The Morgan fingerprint density at radius 1 is 0.731 bits per heavy atom. The molecule has 1 amide bonds. The van der Waals surface area contributed by atoms with Crippen LogP contribution in [-0.2, 0) is 0 Å². The lowest BCUT2D eigenvalue weighted by Crippen LogP contribution is -2.23. The molecule has 26 heavy (non-hydrogen) atoms. The highest BCUT2D eigenvalue weighted by atomic mass is 16.1. The summed E-state index contributed by atoms with van der Waals surface area (Å²) in [6.45, 7) is 0. The standard InChI is InChI=1S/C19H18N6O/c20-17(21)13-8-3-7-12-11(13)6-4-10-15(12)24-18(26)14-5-1-2-9-16(14)25-19(22)23/h1-10H,(H3,20,21)(H,24,26)(H4,22,23,25). The third-order valence-corrected chi connectivity index (χ3v) is 3.90. The van der Waals surface area contributed by atoms with Gasteiger partial charge in [-0.1, -0.05) is 42.5 Å². The molecule has 0 heterocycles. The molecule has 130 valence electrons. The van der Waals surface area contributed by atoms with Crippen molar-refractivity contribution in [3.8, 4) is 0 Å². The third kappa shape index (κ3) is 3.32. The molecule has 8 N–H and O–H groups in total. The summed E-state index contributed by atoms with van der Waals surface area (Å²) in [4.78, 5) is 12.7. The van der Waals surface area contributed by atoms with Crippen molar-refractivity contribution >= 4 is 39.8 Å². The predicted molar refractivity (Wildman–Crippen MR) is 105 cm³/mol. The number of hydrogen-bond donors (Lipinski definition) is 6. The van der Waals surface area contributed by atoms with Crippen molar-refractivity contribution in [3.05, 3.63) is 71.8 Å². The molecule has 0 aromatic heterocycles. The molecule has 0 aliphatic carbocycles. The maximum atomic E-state index is 12.7. The van der Waals surface area contributed by atoms with Gasteiger partial charge < -0.3 is 22.1 Å². The quantitative estimate of drug-likeness (QED) is 0.319. The largest absolute Gasteiger partial charge is 0.384 e. The zero-order valence-electron chi connectivity index (χ0n) is 13.8. The maximum Gasteiger partial charge on any atom is 0.257 e. The Morgan fingerprint density at radius 2 is 1.35 bits per heavy atom. The van der Waals surface area contributed by atoms with Crippen molar-refractivity contribution in [2.75, 3.05) is 10.6 Å². The van der Waals surface area contributed by atoms with Gasteiger partial charge in [-0.15, -0.1) is 0 Å². The monoisotopic (exact) mass is 346 g/mol. The number of guanidine groups is 1. The highest BCUT2D eigenvalue weighted by Crippen LogP contribution is 2.27. The first-order chi connectivity index (χ1) is 12.5. The molecular formula is C19H18N6O. The Hall–Kier alpha value is -3.87. The number of benzene rings is 3. The zero-order valence-corrected chi connectivity index (χ0v) is 13.8. The van der Waals surface area contributed by atoms with Crippen molar-refractivity contribution in [1.82, 2.24) is 0 Å². The average Bonchev–Trinajstić information content (AvgIpc) is 2.61. The summed E-state index contributed by atoms with van der Waals surface area (Å²) < 4.78 is 0. The van der Waals surface area contributed by atoms with Crippen LogP contribution in [0.25, 0.3) is 10.8 Å². The predicted octanol–water partition coefficient (Wildman–Crippen LogP) is 2.68. The second-order valence-corrected chi connectivity index (χ2v) is 5.66. The number of nitrogen functional groups attached to an aromatic ring is 1. The van der Waals surface area contributed by atoms with Gasteiger partial charge in [0, 0.05) is 16.6 Å². The number of carbonyl (C=O) groups excluding carboxylic acids is 1. The van der Waals surface area contributed by atoms with Gasteiger partial charge in [0.15, 0.2) is 5.96 Å². The Bertz CT molecular complexity index is 1030. The fraction of sp³-hybridized carbons (Fsp3) is 0. The lowest BCUT2D eigenvalue weighted by Gasteiger charge is -2.13. The zero-order chi connectivity index (χ0) is 18.7. The number of fused-ring (bicyclic) bond motifs is 1. The van der Waals surface area contributed by atoms with E-state index in [1.165, 1.54) is 0 Å². The first kappa shape index (κ1) is 17.0. The molecular weight excluding hydrogens is 328 g/mol. The van der Waals surface area contributed by atoms with Gasteiger partial charge in [0.1, 0.15) is 5.84 Å². The highest BCUT2D eigenvalue weighted by molar-refractivity contribution is 6.15. The van der Waals surface area contributed by atoms with Crippen molar-refractivity contribution in [1.29, 1.82) is 10.8 Å². The van der Waals surface area contributed by atoms with Crippen molar-refractivity contribution in [2.45, 2.75) is 0 Å². The summed E-state index contributed by atoms with van der Waals surface area (Å²) in [5, 5.41) is 22.2. The summed E-state index contributed by atoms with van der Waals surface area (Å²) in [6, 6.07) is 17.7. The van der Waals surface area contributed by atoms with E-state index < -0.39 is 0 Å². The van der Waals surface area contributed by atoms with E-state index in [2.05, 4.69) is 10.6 Å². The molecule has 7 heteroatoms. The molecule has 0 saturated heterocycles. The number of carbonyl (C=O) groups is 1. The average molecular weight is 346 g/mol. The fourth-order valence-corrected chi connectivity index (χ4v) is 2.78. The molecule has 0 spiro atoms. The van der Waals surface area contributed by atoms with E-state index >= 15 is 0 Å². The first-order valence-electron chi connectivity index (χ1n) is 7.85. The Kier molecular flexibility index (Phi) is 4.53. The molecule has 0 radical (unpaired) electrons. The number of amidine groups is 1. The van der Waals surface area contributed by atoms with Crippen LogP contribution in [0.4, 0.5) is 11.4 Å². The van der Waals surface area contributed by atoms with E-state index in [0.717, 1.165) is 10.8 Å². The van der Waals surface area contributed by atoms with E-state index in [-0.39, 0.29) is 17.7 Å². The van der Waals surface area contributed by atoms with E-state index in [0.29, 0.717) is 22.5 Å². The second-order valence-electron chi connectivity index (χ2n) is 5.66. The lowest BCUT2D eigenvalue weighted by atomic mass is 10.0. The molecule has 3 aromatic rings. The number of nitrogens with two attached hydrogens (primary N) is 2. The fourth-order valence-electron chi connectivity index (χ4n) is 2.78. The molecule has 0 unspecified atom stereocenters. The lowest BCUT2D eigenvalue weighted by molar-refractivity contribution is 0.102. The van der Waals surface area contributed by atoms with E-state index in [1.54, 1.807) is 48.5 Å². The van der Waals surface area contributed by atoms with Crippen molar-refractivity contribution in [3.63, 3.8) is 0 Å². The van der Waals surface area contributed by atoms with Gasteiger partial charge in [-0.3, -0.25) is 15.6 Å². The highest BCUT2D eigenvalue weighted by Gasteiger charge is 2.14. The van der Waals surface area contributed by atoms with Crippen molar-refractivity contribution in [2.24, 2.45) is 11.5 Å². The minimum Gasteiger partial charge on any atom is -0.384 e. The van der Waals surface area contributed by atoms with Gasteiger partial charge >= 0.3 is 0 Å². The summed E-state index contributed by atoms with van der Waals surface area (Å²) in [7, 11) is 0. The van der Waals surface area contributed by atoms with Gasteiger partial charge in [0.05, 0.1) is 11.3 Å².